The van der Waals surface area contributed by atoms with E-state index in [-0.39, 0.29) is 5.91 Å². The minimum absolute atomic E-state index is 0.147. The highest BCUT2D eigenvalue weighted by Crippen LogP contribution is 2.19. The van der Waals surface area contributed by atoms with Crippen molar-refractivity contribution in [2.24, 2.45) is 5.92 Å². The molecule has 1 atom stereocenters. The van der Waals surface area contributed by atoms with Crippen LogP contribution in [0.5, 0.6) is 0 Å². The SMILES string of the molecule is CN1CCC(CN(C)C(=O)c2ccc3c(c2)CNC3)C1. The van der Waals surface area contributed by atoms with Crippen LogP contribution < -0.4 is 5.32 Å². The fourth-order valence-electron chi connectivity index (χ4n) is 3.29. The highest BCUT2D eigenvalue weighted by atomic mass is 16.2. The van der Waals surface area contributed by atoms with Gasteiger partial charge in [-0.25, -0.2) is 0 Å². The summed E-state index contributed by atoms with van der Waals surface area (Å²) in [6, 6.07) is 6.10. The molecule has 0 spiro atoms. The van der Waals surface area contributed by atoms with Crippen molar-refractivity contribution in [1.29, 1.82) is 0 Å². The second kappa shape index (κ2) is 5.54. The lowest BCUT2D eigenvalue weighted by Gasteiger charge is -2.21. The molecule has 2 aliphatic heterocycles. The largest absolute Gasteiger partial charge is 0.341 e. The van der Waals surface area contributed by atoms with Crippen molar-refractivity contribution in [1.82, 2.24) is 15.1 Å². The second-order valence-electron chi connectivity index (χ2n) is 6.19. The molecule has 0 bridgehead atoms. The van der Waals surface area contributed by atoms with Crippen molar-refractivity contribution >= 4 is 5.91 Å². The van der Waals surface area contributed by atoms with Crippen LogP contribution in [0.3, 0.4) is 0 Å². The first-order valence-electron chi connectivity index (χ1n) is 7.40. The summed E-state index contributed by atoms with van der Waals surface area (Å²) in [7, 11) is 4.07. The normalized spacial score (nSPS) is 22.0. The number of nitrogens with zero attached hydrogens (tertiary/aromatic N) is 2. The van der Waals surface area contributed by atoms with E-state index in [9.17, 15) is 4.79 Å². The molecule has 108 valence electrons. The highest BCUT2D eigenvalue weighted by molar-refractivity contribution is 5.94. The van der Waals surface area contributed by atoms with Crippen molar-refractivity contribution in [2.45, 2.75) is 19.5 Å². The Morgan fingerprint density at radius 2 is 2.20 bits per heavy atom. The zero-order valence-electron chi connectivity index (χ0n) is 12.4. The van der Waals surface area contributed by atoms with Crippen LogP contribution in [-0.4, -0.2) is 49.4 Å². The zero-order valence-corrected chi connectivity index (χ0v) is 12.4. The van der Waals surface area contributed by atoms with Gasteiger partial charge < -0.3 is 15.1 Å². The lowest BCUT2D eigenvalue weighted by molar-refractivity contribution is 0.0774. The molecule has 0 saturated carbocycles. The summed E-state index contributed by atoms with van der Waals surface area (Å²) in [5.41, 5.74) is 3.41. The van der Waals surface area contributed by atoms with E-state index in [1.807, 2.05) is 18.0 Å². The summed E-state index contributed by atoms with van der Waals surface area (Å²) in [6.45, 7) is 4.92. The first-order valence-corrected chi connectivity index (χ1v) is 7.40. The van der Waals surface area contributed by atoms with E-state index in [1.165, 1.54) is 17.5 Å². The first-order chi connectivity index (χ1) is 9.63. The topological polar surface area (TPSA) is 35.6 Å². The monoisotopic (exact) mass is 273 g/mol. The van der Waals surface area contributed by atoms with Crippen molar-refractivity contribution in [2.75, 3.05) is 33.7 Å². The molecular weight excluding hydrogens is 250 g/mol. The number of hydrogen-bond donors (Lipinski definition) is 1. The standard InChI is InChI=1S/C16H23N3O/c1-18-6-5-12(10-18)11-19(2)16(20)13-3-4-14-8-17-9-15(14)7-13/h3-4,7,12,17H,5-6,8-11H2,1-2H3. The van der Waals surface area contributed by atoms with Crippen LogP contribution in [0.2, 0.25) is 0 Å². The van der Waals surface area contributed by atoms with Gasteiger partial charge in [-0.2, -0.15) is 0 Å². The van der Waals surface area contributed by atoms with Gasteiger partial charge in [-0.15, -0.1) is 0 Å². The molecule has 4 heteroatoms. The molecule has 0 radical (unpaired) electrons. The fourth-order valence-corrected chi connectivity index (χ4v) is 3.29. The number of carbonyl (C=O) groups is 1. The number of likely N-dealkylation sites (tertiary alicyclic amines) is 1. The Morgan fingerprint density at radius 3 is 2.95 bits per heavy atom. The smallest absolute Gasteiger partial charge is 0.253 e. The Bertz CT molecular complexity index is 514. The van der Waals surface area contributed by atoms with E-state index in [1.54, 1.807) is 0 Å². The van der Waals surface area contributed by atoms with Gasteiger partial charge in [-0.1, -0.05) is 6.07 Å². The molecular formula is C16H23N3O. The molecule has 1 unspecified atom stereocenters. The highest BCUT2D eigenvalue weighted by Gasteiger charge is 2.23. The van der Waals surface area contributed by atoms with Crippen molar-refractivity contribution < 1.29 is 4.79 Å². The molecule has 0 aromatic heterocycles. The number of hydrogen-bond acceptors (Lipinski definition) is 3. The molecule has 1 fully saturated rings. The van der Waals surface area contributed by atoms with E-state index < -0.39 is 0 Å². The van der Waals surface area contributed by atoms with Crippen LogP contribution in [0.25, 0.3) is 0 Å². The summed E-state index contributed by atoms with van der Waals surface area (Å²) in [5, 5.41) is 3.32. The quantitative estimate of drug-likeness (QED) is 0.902. The number of rotatable bonds is 3. The van der Waals surface area contributed by atoms with Gasteiger partial charge in [0.25, 0.3) is 5.91 Å². The van der Waals surface area contributed by atoms with Crippen LogP contribution in [0.15, 0.2) is 18.2 Å². The number of carbonyl (C=O) groups excluding carboxylic acids is 1. The fraction of sp³-hybridized carbons (Fsp3) is 0.562. The van der Waals surface area contributed by atoms with Crippen LogP contribution in [-0.2, 0) is 13.1 Å². The summed E-state index contributed by atoms with van der Waals surface area (Å²) < 4.78 is 0. The van der Waals surface area contributed by atoms with Gasteiger partial charge in [0, 0.05) is 38.8 Å². The molecule has 4 nitrogen and oxygen atoms in total. The van der Waals surface area contributed by atoms with Gasteiger partial charge in [0.1, 0.15) is 0 Å². The van der Waals surface area contributed by atoms with Gasteiger partial charge in [0.15, 0.2) is 0 Å². The maximum absolute atomic E-state index is 12.5. The van der Waals surface area contributed by atoms with Gasteiger partial charge in [-0.3, -0.25) is 4.79 Å². The minimum Gasteiger partial charge on any atom is -0.341 e. The lowest BCUT2D eigenvalue weighted by Crippen LogP contribution is -2.32. The number of amides is 1. The third kappa shape index (κ3) is 2.72. The molecule has 20 heavy (non-hydrogen) atoms. The molecule has 0 aliphatic carbocycles. The predicted molar refractivity (Wildman–Crippen MR) is 79.6 cm³/mol. The Balaban J connectivity index is 1.65. The third-order valence-corrected chi connectivity index (χ3v) is 4.45. The Hall–Kier alpha value is -1.39. The second-order valence-corrected chi connectivity index (χ2v) is 6.19. The van der Waals surface area contributed by atoms with E-state index >= 15 is 0 Å². The van der Waals surface area contributed by atoms with Gasteiger partial charge in [0.05, 0.1) is 0 Å². The average molecular weight is 273 g/mol. The molecule has 1 N–H and O–H groups in total. The third-order valence-electron chi connectivity index (χ3n) is 4.45. The van der Waals surface area contributed by atoms with Gasteiger partial charge >= 0.3 is 0 Å². The van der Waals surface area contributed by atoms with Crippen LogP contribution >= 0.6 is 0 Å². The molecule has 1 amide bonds. The maximum atomic E-state index is 12.5. The van der Waals surface area contributed by atoms with Crippen LogP contribution in [0.1, 0.15) is 27.9 Å². The van der Waals surface area contributed by atoms with Crippen molar-refractivity contribution in [3.8, 4) is 0 Å². The number of nitrogens with one attached hydrogen (secondary N) is 1. The maximum Gasteiger partial charge on any atom is 0.253 e. The van der Waals surface area contributed by atoms with E-state index in [0.29, 0.717) is 5.92 Å². The molecule has 1 saturated heterocycles. The molecule has 3 rings (SSSR count). The average Bonchev–Trinajstić information content (AvgIpc) is 3.05. The molecule has 2 aliphatic rings. The van der Waals surface area contributed by atoms with E-state index in [2.05, 4.69) is 29.4 Å². The minimum atomic E-state index is 0.147. The predicted octanol–water partition coefficient (Wildman–Crippen LogP) is 1.31. The van der Waals surface area contributed by atoms with Crippen LogP contribution in [0.4, 0.5) is 0 Å². The van der Waals surface area contributed by atoms with Crippen molar-refractivity contribution in [3.05, 3.63) is 34.9 Å². The van der Waals surface area contributed by atoms with E-state index in [4.69, 9.17) is 0 Å². The number of fused-ring (bicyclic) bond motifs is 1. The number of benzene rings is 1. The van der Waals surface area contributed by atoms with Gasteiger partial charge in [0.2, 0.25) is 0 Å². The summed E-state index contributed by atoms with van der Waals surface area (Å²) in [4.78, 5) is 16.7. The Morgan fingerprint density at radius 1 is 1.40 bits per heavy atom. The lowest BCUT2D eigenvalue weighted by atomic mass is 10.0. The Labute approximate surface area is 120 Å². The Kier molecular flexibility index (Phi) is 3.76. The summed E-state index contributed by atoms with van der Waals surface area (Å²) >= 11 is 0. The van der Waals surface area contributed by atoms with Crippen LogP contribution in [0, 0.1) is 5.92 Å². The first kappa shape index (κ1) is 13.6. The molecule has 2 heterocycles. The molecule has 1 aromatic rings. The van der Waals surface area contributed by atoms with Gasteiger partial charge in [-0.05, 0) is 49.2 Å². The summed E-state index contributed by atoms with van der Waals surface area (Å²) in [5.74, 6) is 0.763. The summed E-state index contributed by atoms with van der Waals surface area (Å²) in [6.07, 6.45) is 1.20. The van der Waals surface area contributed by atoms with Crippen molar-refractivity contribution in [3.63, 3.8) is 0 Å². The zero-order chi connectivity index (χ0) is 14.1. The molecule has 1 aromatic carbocycles. The van der Waals surface area contributed by atoms with E-state index in [0.717, 1.165) is 38.3 Å².